The van der Waals surface area contributed by atoms with Gasteiger partial charge in [-0.15, -0.1) is 0 Å². The lowest BCUT2D eigenvalue weighted by atomic mass is 10.1. The minimum atomic E-state index is 0.129. The summed E-state index contributed by atoms with van der Waals surface area (Å²) < 4.78 is 0. The Labute approximate surface area is 103 Å². The quantitative estimate of drug-likeness (QED) is 0.851. The molecule has 1 N–H and O–H groups in total. The highest BCUT2D eigenvalue weighted by atomic mass is 15.0. The van der Waals surface area contributed by atoms with Crippen molar-refractivity contribution in [1.82, 2.24) is 10.3 Å². The van der Waals surface area contributed by atoms with Gasteiger partial charge in [0.2, 0.25) is 0 Å². The van der Waals surface area contributed by atoms with Gasteiger partial charge in [-0.3, -0.25) is 4.98 Å². The summed E-state index contributed by atoms with van der Waals surface area (Å²) >= 11 is 0. The van der Waals surface area contributed by atoms with E-state index < -0.39 is 0 Å². The Hall–Kier alpha value is -1.41. The first kappa shape index (κ1) is 12.1. The average molecular weight is 228 g/mol. The summed E-state index contributed by atoms with van der Waals surface area (Å²) in [6.45, 7) is 9.41. The van der Waals surface area contributed by atoms with E-state index in [4.69, 9.17) is 0 Å². The van der Waals surface area contributed by atoms with Crippen molar-refractivity contribution >= 4 is 10.9 Å². The van der Waals surface area contributed by atoms with Gasteiger partial charge in [-0.1, -0.05) is 17.7 Å². The monoisotopic (exact) mass is 228 g/mol. The Bertz CT molecular complexity index is 524. The maximum Gasteiger partial charge on any atom is 0.0706 e. The van der Waals surface area contributed by atoms with Gasteiger partial charge in [-0.25, -0.2) is 0 Å². The van der Waals surface area contributed by atoms with E-state index in [0.29, 0.717) is 0 Å². The molecule has 0 amide bonds. The van der Waals surface area contributed by atoms with Crippen LogP contribution < -0.4 is 5.32 Å². The van der Waals surface area contributed by atoms with Crippen molar-refractivity contribution in [1.29, 1.82) is 0 Å². The molecule has 90 valence electrons. The van der Waals surface area contributed by atoms with Crippen LogP contribution in [0.5, 0.6) is 0 Å². The Morgan fingerprint density at radius 2 is 1.88 bits per heavy atom. The standard InChI is InChI=1S/C15H20N2/c1-11-5-8-14-12(9-11)6-7-13(17-14)10-16-15(2,3)4/h5-9,16H,10H2,1-4H3. The zero-order valence-electron chi connectivity index (χ0n) is 11.0. The minimum Gasteiger partial charge on any atom is -0.306 e. The maximum absolute atomic E-state index is 4.66. The molecule has 0 unspecified atom stereocenters. The number of fused-ring (bicyclic) bond motifs is 1. The van der Waals surface area contributed by atoms with Crippen LogP contribution in [-0.4, -0.2) is 10.5 Å². The fourth-order valence-corrected chi connectivity index (χ4v) is 1.74. The number of hydrogen-bond donors (Lipinski definition) is 1. The van der Waals surface area contributed by atoms with E-state index in [0.717, 1.165) is 17.8 Å². The van der Waals surface area contributed by atoms with Crippen molar-refractivity contribution in [2.24, 2.45) is 0 Å². The normalized spacial score (nSPS) is 12.0. The summed E-state index contributed by atoms with van der Waals surface area (Å²) in [6.07, 6.45) is 0. The number of rotatable bonds is 2. The predicted octanol–water partition coefficient (Wildman–Crippen LogP) is 3.43. The summed E-state index contributed by atoms with van der Waals surface area (Å²) in [6, 6.07) is 10.6. The van der Waals surface area contributed by atoms with Crippen molar-refractivity contribution in [3.05, 3.63) is 41.6 Å². The fourth-order valence-electron chi connectivity index (χ4n) is 1.74. The number of pyridine rings is 1. The predicted molar refractivity (Wildman–Crippen MR) is 73.1 cm³/mol. The Morgan fingerprint density at radius 3 is 2.59 bits per heavy atom. The first-order chi connectivity index (χ1) is 7.94. The van der Waals surface area contributed by atoms with Crippen molar-refractivity contribution < 1.29 is 0 Å². The number of benzene rings is 1. The lowest BCUT2D eigenvalue weighted by Gasteiger charge is -2.20. The van der Waals surface area contributed by atoms with E-state index in [2.05, 4.69) is 68.3 Å². The van der Waals surface area contributed by atoms with Gasteiger partial charge >= 0.3 is 0 Å². The lowest BCUT2D eigenvalue weighted by Crippen LogP contribution is -2.35. The van der Waals surface area contributed by atoms with Gasteiger partial charge < -0.3 is 5.32 Å². The number of aromatic nitrogens is 1. The third-order valence-corrected chi connectivity index (χ3v) is 2.70. The van der Waals surface area contributed by atoms with Gasteiger partial charge in [0.1, 0.15) is 0 Å². The van der Waals surface area contributed by atoms with Gasteiger partial charge in [-0.2, -0.15) is 0 Å². The first-order valence-electron chi connectivity index (χ1n) is 6.05. The summed E-state index contributed by atoms with van der Waals surface area (Å²) in [5.41, 5.74) is 3.57. The largest absolute Gasteiger partial charge is 0.306 e. The summed E-state index contributed by atoms with van der Waals surface area (Å²) in [5.74, 6) is 0. The van der Waals surface area contributed by atoms with Crippen molar-refractivity contribution in [2.45, 2.75) is 39.8 Å². The molecule has 2 aromatic rings. The van der Waals surface area contributed by atoms with Crippen LogP contribution in [0.3, 0.4) is 0 Å². The fraction of sp³-hybridized carbons (Fsp3) is 0.400. The van der Waals surface area contributed by atoms with Gasteiger partial charge in [-0.05, 0) is 45.9 Å². The second-order valence-corrected chi connectivity index (χ2v) is 5.60. The second kappa shape index (κ2) is 4.46. The molecule has 1 heterocycles. The second-order valence-electron chi connectivity index (χ2n) is 5.60. The van der Waals surface area contributed by atoms with Crippen LogP contribution in [0.25, 0.3) is 10.9 Å². The van der Waals surface area contributed by atoms with Crippen LogP contribution in [0.15, 0.2) is 30.3 Å². The van der Waals surface area contributed by atoms with Crippen molar-refractivity contribution in [3.63, 3.8) is 0 Å². The SMILES string of the molecule is Cc1ccc2nc(CNC(C)(C)C)ccc2c1. The first-order valence-corrected chi connectivity index (χ1v) is 6.05. The Balaban J connectivity index is 2.23. The van der Waals surface area contributed by atoms with E-state index in [9.17, 15) is 0 Å². The number of hydrogen-bond acceptors (Lipinski definition) is 2. The number of nitrogens with one attached hydrogen (secondary N) is 1. The van der Waals surface area contributed by atoms with E-state index in [-0.39, 0.29) is 5.54 Å². The molecule has 0 bridgehead atoms. The molecule has 2 nitrogen and oxygen atoms in total. The molecule has 0 aliphatic carbocycles. The van der Waals surface area contributed by atoms with Crippen molar-refractivity contribution in [2.75, 3.05) is 0 Å². The minimum absolute atomic E-state index is 0.129. The molecule has 0 aliphatic heterocycles. The van der Waals surface area contributed by atoms with E-state index in [1.54, 1.807) is 0 Å². The Morgan fingerprint density at radius 1 is 1.12 bits per heavy atom. The summed E-state index contributed by atoms with van der Waals surface area (Å²) in [5, 5.41) is 4.66. The van der Waals surface area contributed by atoms with Gasteiger partial charge in [0.25, 0.3) is 0 Å². The third kappa shape index (κ3) is 3.27. The highest BCUT2D eigenvalue weighted by molar-refractivity contribution is 5.79. The average Bonchev–Trinajstić information content (AvgIpc) is 2.25. The molecule has 0 spiro atoms. The van der Waals surface area contributed by atoms with Crippen LogP contribution in [0.4, 0.5) is 0 Å². The molecular formula is C15H20N2. The van der Waals surface area contributed by atoms with Gasteiger partial charge in [0.05, 0.1) is 11.2 Å². The third-order valence-electron chi connectivity index (χ3n) is 2.70. The van der Waals surface area contributed by atoms with E-state index in [1.165, 1.54) is 10.9 Å². The van der Waals surface area contributed by atoms with E-state index in [1.807, 2.05) is 0 Å². The molecule has 17 heavy (non-hydrogen) atoms. The highest BCUT2D eigenvalue weighted by Gasteiger charge is 2.08. The van der Waals surface area contributed by atoms with Crippen LogP contribution in [0.1, 0.15) is 32.0 Å². The van der Waals surface area contributed by atoms with Crippen LogP contribution in [-0.2, 0) is 6.54 Å². The number of nitrogens with zero attached hydrogens (tertiary/aromatic N) is 1. The zero-order valence-corrected chi connectivity index (χ0v) is 11.0. The molecule has 0 saturated heterocycles. The van der Waals surface area contributed by atoms with Gasteiger partial charge in [0.15, 0.2) is 0 Å². The molecule has 0 fully saturated rings. The Kier molecular flexibility index (Phi) is 3.16. The zero-order chi connectivity index (χ0) is 12.5. The van der Waals surface area contributed by atoms with Crippen LogP contribution in [0.2, 0.25) is 0 Å². The molecule has 2 rings (SSSR count). The summed E-state index contributed by atoms with van der Waals surface area (Å²) in [7, 11) is 0. The van der Waals surface area contributed by atoms with Crippen LogP contribution >= 0.6 is 0 Å². The molecule has 0 atom stereocenters. The number of aryl methyl sites for hydroxylation is 1. The molecule has 1 aromatic carbocycles. The summed E-state index contributed by atoms with van der Waals surface area (Å²) in [4.78, 5) is 4.66. The van der Waals surface area contributed by atoms with Crippen molar-refractivity contribution in [3.8, 4) is 0 Å². The molecular weight excluding hydrogens is 208 g/mol. The molecule has 2 heteroatoms. The highest BCUT2D eigenvalue weighted by Crippen LogP contribution is 2.14. The lowest BCUT2D eigenvalue weighted by molar-refractivity contribution is 0.421. The molecule has 0 aliphatic rings. The van der Waals surface area contributed by atoms with E-state index >= 15 is 0 Å². The maximum atomic E-state index is 4.66. The van der Waals surface area contributed by atoms with Crippen LogP contribution in [0, 0.1) is 6.92 Å². The smallest absolute Gasteiger partial charge is 0.0706 e. The molecule has 1 aromatic heterocycles. The molecule has 0 saturated carbocycles. The topological polar surface area (TPSA) is 24.9 Å². The molecule has 0 radical (unpaired) electrons. The van der Waals surface area contributed by atoms with Gasteiger partial charge in [0, 0.05) is 17.5 Å².